The molecule has 1 N–H and O–H groups in total. The van der Waals surface area contributed by atoms with Gasteiger partial charge in [0.2, 0.25) is 6.33 Å². The minimum atomic E-state index is 0. The average molecular weight is 263 g/mol. The number of aromatic nitrogens is 2. The zero-order valence-corrected chi connectivity index (χ0v) is 10.6. The van der Waals surface area contributed by atoms with Crippen molar-refractivity contribution in [1.82, 2.24) is 4.57 Å². The number of halogens is 1. The van der Waals surface area contributed by atoms with Crippen LogP contribution in [0, 0.1) is 5.92 Å². The van der Waals surface area contributed by atoms with Gasteiger partial charge in [0.15, 0.2) is 0 Å². The van der Waals surface area contributed by atoms with Gasteiger partial charge in [-0.15, -0.1) is 0 Å². The van der Waals surface area contributed by atoms with E-state index in [1.807, 2.05) is 18.7 Å². The second-order valence-electron chi connectivity index (χ2n) is 3.69. The van der Waals surface area contributed by atoms with E-state index in [2.05, 4.69) is 29.9 Å². The molecule has 0 amide bonds. The van der Waals surface area contributed by atoms with Crippen molar-refractivity contribution in [3.8, 4) is 0 Å². The molecule has 1 rings (SSSR count). The molecule has 0 aliphatic carbocycles. The van der Waals surface area contributed by atoms with Crippen LogP contribution in [0.15, 0.2) is 18.7 Å². The highest BCUT2D eigenvalue weighted by atomic mass is 79.9. The van der Waals surface area contributed by atoms with E-state index in [0.717, 1.165) is 6.54 Å². The van der Waals surface area contributed by atoms with Crippen LogP contribution >= 0.6 is 0 Å². The van der Waals surface area contributed by atoms with Crippen molar-refractivity contribution in [1.29, 1.82) is 0 Å². The summed E-state index contributed by atoms with van der Waals surface area (Å²) >= 11 is 0. The van der Waals surface area contributed by atoms with Gasteiger partial charge in [-0.25, -0.2) is 9.13 Å². The molecule has 0 bridgehead atoms. The predicted octanol–water partition coefficient (Wildman–Crippen LogP) is -2.01. The number of nitrogens with zero attached hydrogens (tertiary/aromatic N) is 2. The average Bonchev–Trinajstić information content (AvgIpc) is 2.53. The van der Waals surface area contributed by atoms with Gasteiger partial charge in [-0.1, -0.05) is 13.8 Å². The third kappa shape index (κ3) is 3.10. The molecular formula is C10H19BrN2O. The highest BCUT2D eigenvalue weighted by molar-refractivity contribution is 4.76. The molecule has 0 radical (unpaired) electrons. The summed E-state index contributed by atoms with van der Waals surface area (Å²) in [6.07, 6.45) is 6.09. The molecule has 1 atom stereocenters. The van der Waals surface area contributed by atoms with Crippen LogP contribution in [0.3, 0.4) is 0 Å². The molecule has 0 aliphatic rings. The van der Waals surface area contributed by atoms with Gasteiger partial charge in [0.25, 0.3) is 0 Å². The van der Waals surface area contributed by atoms with E-state index in [0.29, 0.717) is 5.92 Å². The van der Waals surface area contributed by atoms with Crippen molar-refractivity contribution in [2.45, 2.75) is 33.4 Å². The highest BCUT2D eigenvalue weighted by Gasteiger charge is 2.19. The van der Waals surface area contributed by atoms with Crippen LogP contribution in [0.25, 0.3) is 0 Å². The van der Waals surface area contributed by atoms with Gasteiger partial charge in [0.1, 0.15) is 18.4 Å². The molecule has 1 aromatic rings. The number of rotatable bonds is 4. The summed E-state index contributed by atoms with van der Waals surface area (Å²) in [5.74, 6) is 0.461. The van der Waals surface area contributed by atoms with Crippen molar-refractivity contribution in [3.05, 3.63) is 18.7 Å². The monoisotopic (exact) mass is 262 g/mol. The van der Waals surface area contributed by atoms with Crippen LogP contribution in [-0.4, -0.2) is 16.3 Å². The quantitative estimate of drug-likeness (QED) is 0.625. The molecule has 4 heteroatoms. The highest BCUT2D eigenvalue weighted by Crippen LogP contribution is 2.15. The minimum Gasteiger partial charge on any atom is -1.00 e. The molecule has 3 nitrogen and oxygen atoms in total. The first-order valence-electron chi connectivity index (χ1n) is 4.86. The lowest BCUT2D eigenvalue weighted by Gasteiger charge is -2.13. The van der Waals surface area contributed by atoms with E-state index >= 15 is 0 Å². The Morgan fingerprint density at radius 3 is 2.43 bits per heavy atom. The Kier molecular flexibility index (Phi) is 6.04. The lowest BCUT2D eigenvalue weighted by molar-refractivity contribution is -0.693. The van der Waals surface area contributed by atoms with Crippen molar-refractivity contribution >= 4 is 0 Å². The molecule has 14 heavy (non-hydrogen) atoms. The fourth-order valence-corrected chi connectivity index (χ4v) is 1.44. The number of aliphatic hydroxyl groups excluding tert-OH is 1. The summed E-state index contributed by atoms with van der Waals surface area (Å²) in [7, 11) is 0. The van der Waals surface area contributed by atoms with Gasteiger partial charge in [-0.2, -0.15) is 0 Å². The van der Waals surface area contributed by atoms with Gasteiger partial charge in [-0.05, 0) is 12.8 Å². The molecule has 0 spiro atoms. The third-order valence-electron chi connectivity index (χ3n) is 2.42. The standard InChI is InChI=1S/C10H19N2O.BrH/c1-4-11-5-6-12(8-11)10(7-13)9(2)3;/h5-6,8-10,13H,4,7H2,1-3H3;1H/q+1;/p-1/t10-;/m1./s1. The van der Waals surface area contributed by atoms with E-state index in [1.54, 1.807) is 0 Å². The van der Waals surface area contributed by atoms with Crippen molar-refractivity contribution < 1.29 is 26.7 Å². The fraction of sp³-hybridized carbons (Fsp3) is 0.700. The summed E-state index contributed by atoms with van der Waals surface area (Å²) in [6.45, 7) is 7.53. The first-order valence-corrected chi connectivity index (χ1v) is 4.86. The van der Waals surface area contributed by atoms with Crippen molar-refractivity contribution in [2.75, 3.05) is 6.61 Å². The molecule has 1 aromatic heterocycles. The molecule has 0 aromatic carbocycles. The maximum Gasteiger partial charge on any atom is 0.244 e. The topological polar surface area (TPSA) is 29.0 Å². The maximum absolute atomic E-state index is 9.20. The van der Waals surface area contributed by atoms with Gasteiger partial charge in [-0.3, -0.25) is 0 Å². The molecule has 0 aliphatic heterocycles. The summed E-state index contributed by atoms with van der Waals surface area (Å²) in [5, 5.41) is 9.20. The predicted molar refractivity (Wildman–Crippen MR) is 51.3 cm³/mol. The lowest BCUT2D eigenvalue weighted by atomic mass is 10.1. The smallest absolute Gasteiger partial charge is 0.244 e. The van der Waals surface area contributed by atoms with Crippen LogP contribution < -0.4 is 21.5 Å². The molecule has 82 valence electrons. The van der Waals surface area contributed by atoms with Crippen LogP contribution in [0.1, 0.15) is 26.8 Å². The normalized spacial score (nSPS) is 12.6. The fourth-order valence-electron chi connectivity index (χ4n) is 1.44. The van der Waals surface area contributed by atoms with Crippen molar-refractivity contribution in [2.24, 2.45) is 5.92 Å². The molecule has 0 saturated carbocycles. The summed E-state index contributed by atoms with van der Waals surface area (Å²) < 4.78 is 4.18. The van der Waals surface area contributed by atoms with Crippen LogP contribution in [0.4, 0.5) is 0 Å². The lowest BCUT2D eigenvalue weighted by Crippen LogP contribution is -3.00. The van der Waals surface area contributed by atoms with E-state index in [9.17, 15) is 5.11 Å². The summed E-state index contributed by atoms with van der Waals surface area (Å²) in [6, 6.07) is 0.202. The Morgan fingerprint density at radius 1 is 1.43 bits per heavy atom. The Balaban J connectivity index is 0.00000169. The van der Waals surface area contributed by atoms with E-state index in [1.165, 1.54) is 0 Å². The second kappa shape index (κ2) is 6.19. The van der Waals surface area contributed by atoms with Crippen LogP contribution in [0.2, 0.25) is 0 Å². The Hall–Kier alpha value is -0.350. The van der Waals surface area contributed by atoms with E-state index in [-0.39, 0.29) is 29.6 Å². The van der Waals surface area contributed by atoms with Crippen LogP contribution in [-0.2, 0) is 6.54 Å². The Morgan fingerprint density at radius 2 is 2.07 bits per heavy atom. The molecule has 0 unspecified atom stereocenters. The van der Waals surface area contributed by atoms with E-state index < -0.39 is 0 Å². The third-order valence-corrected chi connectivity index (χ3v) is 2.42. The number of hydrogen-bond acceptors (Lipinski definition) is 1. The van der Waals surface area contributed by atoms with Gasteiger partial charge >= 0.3 is 0 Å². The van der Waals surface area contributed by atoms with Gasteiger partial charge < -0.3 is 22.1 Å². The second-order valence-corrected chi connectivity index (χ2v) is 3.69. The first kappa shape index (κ1) is 13.7. The molecule has 0 fully saturated rings. The van der Waals surface area contributed by atoms with Crippen LogP contribution in [0.5, 0.6) is 0 Å². The van der Waals surface area contributed by atoms with Gasteiger partial charge in [0.05, 0.1) is 13.2 Å². The first-order chi connectivity index (χ1) is 6.19. The van der Waals surface area contributed by atoms with Gasteiger partial charge in [0, 0.05) is 0 Å². The number of hydrogen-bond donors (Lipinski definition) is 1. The largest absolute Gasteiger partial charge is 1.00 e. The zero-order valence-electron chi connectivity index (χ0n) is 9.02. The summed E-state index contributed by atoms with van der Waals surface area (Å²) in [4.78, 5) is 0. The van der Waals surface area contributed by atoms with E-state index in [4.69, 9.17) is 0 Å². The SMILES string of the molecule is CC[n+]1ccn([C@H](CO)C(C)C)c1.[Br-]. The molecule has 0 saturated heterocycles. The zero-order chi connectivity index (χ0) is 9.84. The maximum atomic E-state index is 9.20. The van der Waals surface area contributed by atoms with Crippen molar-refractivity contribution in [3.63, 3.8) is 0 Å². The molecular weight excluding hydrogens is 244 g/mol. The minimum absolute atomic E-state index is 0. The number of aryl methyl sites for hydroxylation is 1. The Labute approximate surface area is 96.1 Å². The number of imidazole rings is 1. The summed E-state index contributed by atoms with van der Waals surface area (Å²) in [5.41, 5.74) is 0. The number of aliphatic hydroxyl groups is 1. The molecule has 1 heterocycles. The Bertz CT molecular complexity index is 260.